The van der Waals surface area contributed by atoms with Crippen molar-refractivity contribution in [2.24, 2.45) is 0 Å². The van der Waals surface area contributed by atoms with Gasteiger partial charge in [-0.3, -0.25) is 4.79 Å². The first-order valence-electron chi connectivity index (χ1n) is 10.2. The molecule has 1 aromatic heterocycles. The zero-order chi connectivity index (χ0) is 21.7. The number of hydrogen-bond acceptors (Lipinski definition) is 5. The maximum absolute atomic E-state index is 12.6. The summed E-state index contributed by atoms with van der Waals surface area (Å²) in [7, 11) is 1.61. The number of ether oxygens (including phenoxy) is 3. The highest BCUT2D eigenvalue weighted by molar-refractivity contribution is 6.00. The molecule has 3 aromatic rings. The number of methoxy groups -OCH3 is 1. The molecule has 0 spiro atoms. The zero-order valence-electron chi connectivity index (χ0n) is 18.0. The van der Waals surface area contributed by atoms with Crippen LogP contribution in [0.25, 0.3) is 21.9 Å². The quantitative estimate of drug-likeness (QED) is 0.578. The number of pyridine rings is 1. The molecule has 0 unspecified atom stereocenters. The smallest absolute Gasteiger partial charge is 0.251 e. The second-order valence-corrected chi connectivity index (χ2v) is 7.02. The van der Waals surface area contributed by atoms with Crippen molar-refractivity contribution in [1.82, 2.24) is 4.57 Å². The van der Waals surface area contributed by atoms with Crippen LogP contribution in [0.15, 0.2) is 41.3 Å². The Hall–Kier alpha value is -2.83. The molecule has 0 saturated heterocycles. The maximum Gasteiger partial charge on any atom is 0.251 e. The molecule has 0 aliphatic carbocycles. The van der Waals surface area contributed by atoms with Gasteiger partial charge in [-0.15, -0.1) is 0 Å². The van der Waals surface area contributed by atoms with Crippen LogP contribution < -0.4 is 15.0 Å². The van der Waals surface area contributed by atoms with Gasteiger partial charge in [-0.2, -0.15) is 0 Å². The Morgan fingerprint density at radius 1 is 1.03 bits per heavy atom. The first-order chi connectivity index (χ1) is 14.5. The number of hydrogen-bond donors (Lipinski definition) is 1. The van der Waals surface area contributed by atoms with Gasteiger partial charge in [0.1, 0.15) is 0 Å². The normalized spacial score (nSPS) is 11.1. The minimum atomic E-state index is -0.0949. The topological polar surface area (TPSA) is 69.9 Å². The number of rotatable bonds is 9. The minimum Gasteiger partial charge on any atom is -0.490 e. The highest BCUT2D eigenvalue weighted by Gasteiger charge is 2.16. The Labute approximate surface area is 176 Å². The summed E-state index contributed by atoms with van der Waals surface area (Å²) in [6, 6.07) is 9.42. The second-order valence-electron chi connectivity index (χ2n) is 7.02. The van der Waals surface area contributed by atoms with Crippen LogP contribution in [0.1, 0.15) is 25.0 Å². The highest BCUT2D eigenvalue weighted by atomic mass is 16.5. The molecule has 0 aliphatic rings. The van der Waals surface area contributed by atoms with Gasteiger partial charge in [0.25, 0.3) is 5.56 Å². The van der Waals surface area contributed by atoms with Gasteiger partial charge in [0, 0.05) is 25.9 Å². The molecular formula is C24H29NO5. The molecule has 0 aliphatic heterocycles. The van der Waals surface area contributed by atoms with Gasteiger partial charge < -0.3 is 23.9 Å². The Kier molecular flexibility index (Phi) is 7.13. The van der Waals surface area contributed by atoms with Gasteiger partial charge in [-0.05, 0) is 78.1 Å². The fourth-order valence-electron chi connectivity index (χ4n) is 3.68. The van der Waals surface area contributed by atoms with E-state index in [0.29, 0.717) is 37.9 Å². The van der Waals surface area contributed by atoms with Gasteiger partial charge in [0.2, 0.25) is 0 Å². The lowest BCUT2D eigenvalue weighted by Gasteiger charge is -2.18. The molecule has 0 radical (unpaired) electrons. The van der Waals surface area contributed by atoms with E-state index in [9.17, 15) is 9.90 Å². The molecule has 0 fully saturated rings. The predicted molar refractivity (Wildman–Crippen MR) is 119 cm³/mol. The van der Waals surface area contributed by atoms with Crippen LogP contribution in [0.4, 0.5) is 0 Å². The van der Waals surface area contributed by atoms with Crippen molar-refractivity contribution in [3.63, 3.8) is 0 Å². The molecule has 6 heteroatoms. The first-order valence-corrected chi connectivity index (χ1v) is 10.2. The monoisotopic (exact) mass is 411 g/mol. The van der Waals surface area contributed by atoms with Crippen LogP contribution in [-0.2, 0) is 17.9 Å². The lowest BCUT2D eigenvalue weighted by Crippen LogP contribution is -2.20. The van der Waals surface area contributed by atoms with Gasteiger partial charge >= 0.3 is 0 Å². The number of fused-ring (bicyclic) bond motifs is 1. The van der Waals surface area contributed by atoms with Crippen LogP contribution in [-0.4, -0.2) is 36.6 Å². The molecule has 0 bridgehead atoms. The highest BCUT2D eigenvalue weighted by Crippen LogP contribution is 2.40. The SMILES string of the molecule is CCOc1cc2cc(CO)c(C)c(-c3ccn(CCOC)c(=O)c3)c2cc1OCC. The Balaban J connectivity index is 2.26. The molecule has 1 heterocycles. The van der Waals surface area contributed by atoms with Crippen molar-refractivity contribution in [3.05, 3.63) is 58.0 Å². The zero-order valence-corrected chi connectivity index (χ0v) is 18.0. The summed E-state index contributed by atoms with van der Waals surface area (Å²) < 4.78 is 18.3. The third-order valence-electron chi connectivity index (χ3n) is 5.16. The Morgan fingerprint density at radius 3 is 2.33 bits per heavy atom. The summed E-state index contributed by atoms with van der Waals surface area (Å²) in [5, 5.41) is 11.8. The fourth-order valence-corrected chi connectivity index (χ4v) is 3.68. The molecule has 160 valence electrons. The number of nitrogens with zero attached hydrogens (tertiary/aromatic N) is 1. The largest absolute Gasteiger partial charge is 0.490 e. The Morgan fingerprint density at radius 2 is 1.73 bits per heavy atom. The van der Waals surface area contributed by atoms with Crippen molar-refractivity contribution in [2.45, 2.75) is 33.9 Å². The molecule has 2 aromatic carbocycles. The molecule has 0 saturated carbocycles. The summed E-state index contributed by atoms with van der Waals surface area (Å²) in [5.41, 5.74) is 3.37. The van der Waals surface area contributed by atoms with E-state index < -0.39 is 0 Å². The molecular weight excluding hydrogens is 382 g/mol. The number of benzene rings is 2. The molecule has 30 heavy (non-hydrogen) atoms. The van der Waals surface area contributed by atoms with E-state index in [-0.39, 0.29) is 12.2 Å². The number of aliphatic hydroxyl groups is 1. The van der Waals surface area contributed by atoms with Crippen molar-refractivity contribution < 1.29 is 19.3 Å². The van der Waals surface area contributed by atoms with E-state index in [0.717, 1.165) is 33.0 Å². The van der Waals surface area contributed by atoms with Gasteiger partial charge in [-0.25, -0.2) is 0 Å². The molecule has 0 atom stereocenters. The summed E-state index contributed by atoms with van der Waals surface area (Å²) in [6.07, 6.45) is 1.78. The van der Waals surface area contributed by atoms with E-state index in [4.69, 9.17) is 14.2 Å². The average Bonchev–Trinajstić information content (AvgIpc) is 2.73. The van der Waals surface area contributed by atoms with Gasteiger partial charge in [0.15, 0.2) is 11.5 Å². The van der Waals surface area contributed by atoms with Crippen molar-refractivity contribution in [3.8, 4) is 22.6 Å². The fraction of sp³-hybridized carbons (Fsp3) is 0.375. The first kappa shape index (κ1) is 21.9. The molecule has 6 nitrogen and oxygen atoms in total. The van der Waals surface area contributed by atoms with Crippen LogP contribution in [0.3, 0.4) is 0 Å². The summed E-state index contributed by atoms with van der Waals surface area (Å²) in [5.74, 6) is 1.33. The van der Waals surface area contributed by atoms with E-state index in [1.807, 2.05) is 45.0 Å². The maximum atomic E-state index is 12.6. The third kappa shape index (κ3) is 4.35. The number of aliphatic hydroxyl groups excluding tert-OH is 1. The predicted octanol–water partition coefficient (Wildman–Crippen LogP) is 3.91. The minimum absolute atomic E-state index is 0.0865. The molecule has 1 N–H and O–H groups in total. The van der Waals surface area contributed by atoms with Gasteiger partial charge in [-0.1, -0.05) is 0 Å². The summed E-state index contributed by atoms with van der Waals surface area (Å²) in [6.45, 7) is 7.75. The van der Waals surface area contributed by atoms with Crippen LogP contribution in [0.5, 0.6) is 11.5 Å². The second kappa shape index (κ2) is 9.78. The van der Waals surface area contributed by atoms with E-state index in [1.54, 1.807) is 23.9 Å². The molecule has 3 rings (SSSR count). The summed E-state index contributed by atoms with van der Waals surface area (Å²) >= 11 is 0. The third-order valence-corrected chi connectivity index (χ3v) is 5.16. The van der Waals surface area contributed by atoms with E-state index in [1.165, 1.54) is 0 Å². The lowest BCUT2D eigenvalue weighted by molar-refractivity contribution is 0.186. The van der Waals surface area contributed by atoms with Crippen LogP contribution >= 0.6 is 0 Å². The number of aromatic nitrogens is 1. The lowest BCUT2D eigenvalue weighted by atomic mass is 9.90. The van der Waals surface area contributed by atoms with Crippen LogP contribution in [0, 0.1) is 6.92 Å². The van der Waals surface area contributed by atoms with Crippen molar-refractivity contribution >= 4 is 10.8 Å². The van der Waals surface area contributed by atoms with Crippen molar-refractivity contribution in [1.29, 1.82) is 0 Å². The summed E-state index contributed by atoms with van der Waals surface area (Å²) in [4.78, 5) is 12.6. The van der Waals surface area contributed by atoms with E-state index >= 15 is 0 Å². The standard InChI is InChI=1S/C24H29NO5/c1-5-29-21-12-18-11-19(15-26)16(3)24(20(18)14-22(21)30-6-2)17-7-8-25(9-10-28-4)23(27)13-17/h7-8,11-14,26H,5-6,9-10,15H2,1-4H3. The van der Waals surface area contributed by atoms with Crippen LogP contribution in [0.2, 0.25) is 0 Å². The van der Waals surface area contributed by atoms with E-state index in [2.05, 4.69) is 0 Å². The van der Waals surface area contributed by atoms with Crippen molar-refractivity contribution in [2.75, 3.05) is 26.9 Å². The Bertz CT molecular complexity index is 1090. The average molecular weight is 411 g/mol. The molecule has 0 amide bonds. The van der Waals surface area contributed by atoms with Gasteiger partial charge in [0.05, 0.1) is 26.4 Å².